The Morgan fingerprint density at radius 1 is 1.16 bits per heavy atom. The molecule has 0 unspecified atom stereocenters. The van der Waals surface area contributed by atoms with Gasteiger partial charge in [-0.05, 0) is 30.5 Å². The summed E-state index contributed by atoms with van der Waals surface area (Å²) in [6.07, 6.45) is 0. The summed E-state index contributed by atoms with van der Waals surface area (Å²) < 4.78 is 0. The van der Waals surface area contributed by atoms with Gasteiger partial charge in [0.2, 0.25) is 5.95 Å². The van der Waals surface area contributed by atoms with Crippen LogP contribution in [0.4, 0.5) is 11.6 Å². The maximum Gasteiger partial charge on any atom is 0.232 e. The zero-order valence-corrected chi connectivity index (χ0v) is 11.9. The third-order valence-electron chi connectivity index (χ3n) is 2.89. The molecule has 2 aromatic heterocycles. The van der Waals surface area contributed by atoms with Gasteiger partial charge in [-0.2, -0.15) is 4.98 Å². The zero-order valence-electron chi connectivity index (χ0n) is 10.4. The van der Waals surface area contributed by atoms with Crippen molar-refractivity contribution in [1.82, 2.24) is 9.97 Å². The first-order valence-electron chi connectivity index (χ1n) is 6.03. The van der Waals surface area contributed by atoms with Gasteiger partial charge in [-0.25, -0.2) is 4.98 Å². The second-order valence-electron chi connectivity index (χ2n) is 4.03. The number of aromatic nitrogens is 2. The summed E-state index contributed by atoms with van der Waals surface area (Å²) in [6, 6.07) is 12.0. The Kier molecular flexibility index (Phi) is 3.36. The Morgan fingerprint density at radius 2 is 1.95 bits per heavy atom. The van der Waals surface area contributed by atoms with Crippen LogP contribution in [0, 0.1) is 0 Å². The Labute approximate surface area is 120 Å². The predicted molar refractivity (Wildman–Crippen MR) is 81.5 cm³/mol. The number of anilines is 2. The van der Waals surface area contributed by atoms with E-state index in [-0.39, 0.29) is 0 Å². The molecule has 0 radical (unpaired) electrons. The largest absolute Gasteiger partial charge is 0.311 e. The average molecular weight is 290 g/mol. The molecule has 2 heterocycles. The number of fused-ring (bicyclic) bond motifs is 1. The third kappa shape index (κ3) is 2.29. The number of halogens is 1. The molecule has 96 valence electrons. The standard InChI is InChI=1S/C14H12ClN3S/c1-2-18(10-6-4-3-5-7-10)14-16-12(15)11-8-9-19-13(11)17-14/h3-9H,2H2,1H3. The SMILES string of the molecule is CCN(c1ccccc1)c1nc(Cl)c2ccsc2n1. The lowest BCUT2D eigenvalue weighted by Crippen LogP contribution is -2.18. The molecule has 1 aromatic carbocycles. The lowest BCUT2D eigenvalue weighted by Gasteiger charge is -2.20. The number of hydrogen-bond acceptors (Lipinski definition) is 4. The summed E-state index contributed by atoms with van der Waals surface area (Å²) in [5, 5.41) is 3.41. The van der Waals surface area contributed by atoms with E-state index < -0.39 is 0 Å². The van der Waals surface area contributed by atoms with Crippen LogP contribution in [0.1, 0.15) is 6.92 Å². The first kappa shape index (κ1) is 12.4. The molecule has 0 saturated carbocycles. The number of thiophene rings is 1. The quantitative estimate of drug-likeness (QED) is 0.665. The van der Waals surface area contributed by atoms with Gasteiger partial charge in [0.05, 0.1) is 0 Å². The highest BCUT2D eigenvalue weighted by molar-refractivity contribution is 7.16. The molecular weight excluding hydrogens is 278 g/mol. The molecule has 0 aliphatic heterocycles. The summed E-state index contributed by atoms with van der Waals surface area (Å²) in [5.41, 5.74) is 1.07. The molecule has 0 aliphatic carbocycles. The molecule has 0 spiro atoms. The van der Waals surface area contributed by atoms with E-state index in [0.29, 0.717) is 11.1 Å². The van der Waals surface area contributed by atoms with Crippen molar-refractivity contribution < 1.29 is 0 Å². The molecule has 0 fully saturated rings. The monoisotopic (exact) mass is 289 g/mol. The molecule has 19 heavy (non-hydrogen) atoms. The minimum absolute atomic E-state index is 0.510. The summed E-state index contributed by atoms with van der Waals surface area (Å²) in [5.74, 6) is 0.647. The Bertz CT molecular complexity index is 696. The van der Waals surface area contributed by atoms with Gasteiger partial charge in [-0.15, -0.1) is 11.3 Å². The fourth-order valence-corrected chi connectivity index (χ4v) is 3.02. The van der Waals surface area contributed by atoms with Crippen molar-refractivity contribution in [2.45, 2.75) is 6.92 Å². The van der Waals surface area contributed by atoms with E-state index in [1.807, 2.05) is 46.7 Å². The minimum atomic E-state index is 0.510. The smallest absolute Gasteiger partial charge is 0.232 e. The van der Waals surface area contributed by atoms with Crippen LogP contribution >= 0.6 is 22.9 Å². The van der Waals surface area contributed by atoms with E-state index in [1.165, 1.54) is 0 Å². The molecule has 3 aromatic rings. The van der Waals surface area contributed by atoms with E-state index in [9.17, 15) is 0 Å². The molecule has 0 aliphatic rings. The molecule has 0 saturated heterocycles. The van der Waals surface area contributed by atoms with E-state index in [0.717, 1.165) is 22.4 Å². The van der Waals surface area contributed by atoms with Gasteiger partial charge < -0.3 is 4.90 Å². The lowest BCUT2D eigenvalue weighted by molar-refractivity contribution is 0.959. The van der Waals surface area contributed by atoms with Gasteiger partial charge in [0, 0.05) is 17.6 Å². The van der Waals surface area contributed by atoms with Crippen molar-refractivity contribution in [2.75, 3.05) is 11.4 Å². The van der Waals surface area contributed by atoms with Gasteiger partial charge in [0.25, 0.3) is 0 Å². The van der Waals surface area contributed by atoms with Crippen LogP contribution in [0.2, 0.25) is 5.15 Å². The van der Waals surface area contributed by atoms with Crippen molar-refractivity contribution in [2.24, 2.45) is 0 Å². The summed E-state index contributed by atoms with van der Waals surface area (Å²) >= 11 is 7.80. The van der Waals surface area contributed by atoms with Crippen LogP contribution < -0.4 is 4.90 Å². The van der Waals surface area contributed by atoms with Gasteiger partial charge >= 0.3 is 0 Å². The predicted octanol–water partition coefficient (Wildman–Crippen LogP) is 4.50. The summed E-state index contributed by atoms with van der Waals surface area (Å²) in [7, 11) is 0. The molecule has 3 nitrogen and oxygen atoms in total. The van der Waals surface area contributed by atoms with E-state index in [4.69, 9.17) is 11.6 Å². The highest BCUT2D eigenvalue weighted by Gasteiger charge is 2.13. The number of hydrogen-bond donors (Lipinski definition) is 0. The van der Waals surface area contributed by atoms with Crippen molar-refractivity contribution in [3.05, 3.63) is 46.9 Å². The Morgan fingerprint density at radius 3 is 2.68 bits per heavy atom. The molecule has 0 N–H and O–H groups in total. The van der Waals surface area contributed by atoms with E-state index >= 15 is 0 Å². The van der Waals surface area contributed by atoms with Crippen LogP contribution in [0.5, 0.6) is 0 Å². The molecule has 0 atom stereocenters. The third-order valence-corrected chi connectivity index (χ3v) is 3.99. The summed E-state index contributed by atoms with van der Waals surface area (Å²) in [4.78, 5) is 12.0. The fraction of sp³-hybridized carbons (Fsp3) is 0.143. The van der Waals surface area contributed by atoms with Crippen LogP contribution in [0.3, 0.4) is 0 Å². The number of nitrogens with zero attached hydrogens (tertiary/aromatic N) is 3. The van der Waals surface area contributed by atoms with Gasteiger partial charge in [-0.3, -0.25) is 0 Å². The minimum Gasteiger partial charge on any atom is -0.311 e. The Balaban J connectivity index is 2.11. The molecule has 0 amide bonds. The first-order valence-corrected chi connectivity index (χ1v) is 7.28. The maximum atomic E-state index is 6.22. The van der Waals surface area contributed by atoms with Gasteiger partial charge in [0.1, 0.15) is 9.98 Å². The number of para-hydroxylation sites is 1. The molecular formula is C14H12ClN3S. The highest BCUT2D eigenvalue weighted by atomic mass is 35.5. The highest BCUT2D eigenvalue weighted by Crippen LogP contribution is 2.29. The van der Waals surface area contributed by atoms with Gasteiger partial charge in [0.15, 0.2) is 0 Å². The van der Waals surface area contributed by atoms with Crippen molar-refractivity contribution >= 4 is 44.8 Å². The second-order valence-corrected chi connectivity index (χ2v) is 5.29. The average Bonchev–Trinajstić information content (AvgIpc) is 2.90. The summed E-state index contributed by atoms with van der Waals surface area (Å²) in [6.45, 7) is 2.86. The Hall–Kier alpha value is -1.65. The van der Waals surface area contributed by atoms with E-state index in [1.54, 1.807) is 11.3 Å². The van der Waals surface area contributed by atoms with Crippen molar-refractivity contribution in [3.8, 4) is 0 Å². The van der Waals surface area contributed by atoms with Crippen molar-refractivity contribution in [1.29, 1.82) is 0 Å². The molecule has 0 bridgehead atoms. The van der Waals surface area contributed by atoms with Crippen LogP contribution in [0.25, 0.3) is 10.2 Å². The first-order chi connectivity index (χ1) is 9.29. The lowest BCUT2D eigenvalue weighted by atomic mass is 10.3. The fourth-order valence-electron chi connectivity index (χ4n) is 1.98. The molecule has 5 heteroatoms. The normalized spacial score (nSPS) is 10.8. The van der Waals surface area contributed by atoms with Gasteiger partial charge in [-0.1, -0.05) is 29.8 Å². The van der Waals surface area contributed by atoms with Crippen LogP contribution in [-0.2, 0) is 0 Å². The van der Waals surface area contributed by atoms with Crippen molar-refractivity contribution in [3.63, 3.8) is 0 Å². The zero-order chi connectivity index (χ0) is 13.2. The number of rotatable bonds is 3. The van der Waals surface area contributed by atoms with E-state index in [2.05, 4.69) is 16.9 Å². The number of benzene rings is 1. The molecule has 3 rings (SSSR count). The maximum absolute atomic E-state index is 6.22. The van der Waals surface area contributed by atoms with Crippen LogP contribution in [0.15, 0.2) is 41.8 Å². The second kappa shape index (κ2) is 5.15. The topological polar surface area (TPSA) is 29.0 Å². The van der Waals surface area contributed by atoms with Crippen LogP contribution in [-0.4, -0.2) is 16.5 Å².